The smallest absolute Gasteiger partial charge is 0.305 e. The molecular weight excluding hydrogens is 182 g/mol. The first kappa shape index (κ1) is 12.3. The summed E-state index contributed by atoms with van der Waals surface area (Å²) in [4.78, 5) is 10.5. The van der Waals surface area contributed by atoms with E-state index in [1.165, 1.54) is 0 Å². The minimum absolute atomic E-state index is 0.0498. The Hall–Kier alpha value is -0.710. The van der Waals surface area contributed by atoms with Crippen LogP contribution in [0.5, 0.6) is 0 Å². The van der Waals surface area contributed by atoms with Crippen LogP contribution in [0, 0.1) is 0 Å². The minimum atomic E-state index is -2.88. The fourth-order valence-corrected chi connectivity index (χ4v) is 0.850. The lowest BCUT2D eigenvalue weighted by Gasteiger charge is -2.14. The fraction of sp³-hybridized carbons (Fsp3) is 0.875. The third kappa shape index (κ3) is 6.45. The zero-order valence-corrected chi connectivity index (χ0v) is 7.56. The van der Waals surface area contributed by atoms with E-state index in [-0.39, 0.29) is 25.9 Å². The van der Waals surface area contributed by atoms with Gasteiger partial charge in [-0.25, -0.2) is 8.78 Å². The maximum atomic E-state index is 12.8. The van der Waals surface area contributed by atoms with Crippen LogP contribution in [0.15, 0.2) is 0 Å². The minimum Gasteiger partial charge on any atom is -0.469 e. The quantitative estimate of drug-likeness (QED) is 0.652. The van der Waals surface area contributed by atoms with Crippen molar-refractivity contribution in [2.75, 3.05) is 13.7 Å². The SMILES string of the molecule is COC(=O)CCC(F)(F)CCCO. The number of esters is 1. The van der Waals surface area contributed by atoms with Gasteiger partial charge in [-0.15, -0.1) is 0 Å². The molecule has 0 heterocycles. The highest BCUT2D eigenvalue weighted by atomic mass is 19.3. The number of ether oxygens (including phenoxy) is 1. The molecule has 0 aliphatic heterocycles. The van der Waals surface area contributed by atoms with Crippen LogP contribution in [0.2, 0.25) is 0 Å². The summed E-state index contributed by atoms with van der Waals surface area (Å²) < 4.78 is 29.8. The number of aliphatic hydroxyl groups excluding tert-OH is 1. The molecule has 0 aromatic carbocycles. The zero-order chi connectivity index (χ0) is 10.3. The molecule has 0 unspecified atom stereocenters. The van der Waals surface area contributed by atoms with Gasteiger partial charge in [0.2, 0.25) is 5.92 Å². The molecule has 3 nitrogen and oxygen atoms in total. The highest BCUT2D eigenvalue weighted by Gasteiger charge is 2.28. The Kier molecular flexibility index (Phi) is 5.53. The van der Waals surface area contributed by atoms with Crippen molar-refractivity contribution < 1.29 is 23.4 Å². The van der Waals surface area contributed by atoms with Crippen molar-refractivity contribution in [3.05, 3.63) is 0 Å². The number of carbonyl (C=O) groups is 1. The summed E-state index contributed by atoms with van der Waals surface area (Å²) in [6.45, 7) is -0.256. The largest absolute Gasteiger partial charge is 0.469 e. The molecule has 5 heteroatoms. The molecule has 1 N–H and O–H groups in total. The van der Waals surface area contributed by atoms with Crippen LogP contribution in [0.25, 0.3) is 0 Å². The molecule has 0 radical (unpaired) electrons. The van der Waals surface area contributed by atoms with E-state index in [2.05, 4.69) is 4.74 Å². The Bertz CT molecular complexity index is 159. The van der Waals surface area contributed by atoms with E-state index in [0.717, 1.165) is 7.11 Å². The Balaban J connectivity index is 3.67. The molecule has 0 atom stereocenters. The average molecular weight is 196 g/mol. The standard InChI is InChI=1S/C8H14F2O3/c1-13-7(12)3-5-8(9,10)4-2-6-11/h11H,2-6H2,1H3. The Morgan fingerprint density at radius 2 is 2.08 bits per heavy atom. The van der Waals surface area contributed by atoms with E-state index >= 15 is 0 Å². The van der Waals surface area contributed by atoms with Crippen molar-refractivity contribution in [2.45, 2.75) is 31.6 Å². The molecule has 0 spiro atoms. The molecule has 0 amide bonds. The van der Waals surface area contributed by atoms with Crippen LogP contribution in [0.3, 0.4) is 0 Å². The molecule has 0 fully saturated rings. The van der Waals surface area contributed by atoms with Crippen LogP contribution in [0.1, 0.15) is 25.7 Å². The number of methoxy groups -OCH3 is 1. The molecule has 0 bridgehead atoms. The third-order valence-electron chi connectivity index (χ3n) is 1.62. The molecule has 0 rings (SSSR count). The number of halogens is 2. The van der Waals surface area contributed by atoms with E-state index in [1.807, 2.05) is 0 Å². The summed E-state index contributed by atoms with van der Waals surface area (Å²) in [7, 11) is 1.16. The Labute approximate surface area is 75.7 Å². The molecular formula is C8H14F2O3. The second kappa shape index (κ2) is 5.85. The fourth-order valence-electron chi connectivity index (χ4n) is 0.850. The summed E-state index contributed by atoms with van der Waals surface area (Å²) in [5.41, 5.74) is 0. The number of aliphatic hydroxyl groups is 1. The van der Waals surface area contributed by atoms with Crippen LogP contribution in [-0.4, -0.2) is 30.7 Å². The molecule has 0 saturated carbocycles. The highest BCUT2D eigenvalue weighted by Crippen LogP contribution is 2.25. The summed E-state index contributed by atoms with van der Waals surface area (Å²) in [5.74, 6) is -3.51. The number of hydrogen-bond acceptors (Lipinski definition) is 3. The Morgan fingerprint density at radius 3 is 2.54 bits per heavy atom. The predicted molar refractivity (Wildman–Crippen MR) is 42.5 cm³/mol. The second-order valence-electron chi connectivity index (χ2n) is 2.76. The van der Waals surface area contributed by atoms with Gasteiger partial charge in [-0.1, -0.05) is 0 Å². The molecule has 0 saturated heterocycles. The molecule has 0 aromatic rings. The molecule has 0 aromatic heterocycles. The van der Waals surface area contributed by atoms with Gasteiger partial charge in [-0.05, 0) is 6.42 Å². The van der Waals surface area contributed by atoms with Crippen molar-refractivity contribution in [3.8, 4) is 0 Å². The molecule has 13 heavy (non-hydrogen) atoms. The number of hydrogen-bond donors (Lipinski definition) is 1. The second-order valence-corrected chi connectivity index (χ2v) is 2.76. The van der Waals surface area contributed by atoms with Gasteiger partial charge in [-0.2, -0.15) is 0 Å². The summed E-state index contributed by atoms with van der Waals surface area (Å²) in [5, 5.41) is 8.33. The number of alkyl halides is 2. The highest BCUT2D eigenvalue weighted by molar-refractivity contribution is 5.69. The molecule has 0 aliphatic rings. The van der Waals surface area contributed by atoms with Gasteiger partial charge in [0.25, 0.3) is 0 Å². The van der Waals surface area contributed by atoms with Gasteiger partial charge in [0.1, 0.15) is 0 Å². The first-order valence-corrected chi connectivity index (χ1v) is 4.07. The van der Waals surface area contributed by atoms with Crippen LogP contribution < -0.4 is 0 Å². The third-order valence-corrected chi connectivity index (χ3v) is 1.62. The topological polar surface area (TPSA) is 46.5 Å². The van der Waals surface area contributed by atoms with E-state index < -0.39 is 18.3 Å². The van der Waals surface area contributed by atoms with Crippen LogP contribution in [-0.2, 0) is 9.53 Å². The van der Waals surface area contributed by atoms with Gasteiger partial charge in [0.15, 0.2) is 0 Å². The Morgan fingerprint density at radius 1 is 1.46 bits per heavy atom. The van der Waals surface area contributed by atoms with Gasteiger partial charge >= 0.3 is 5.97 Å². The van der Waals surface area contributed by atoms with E-state index in [4.69, 9.17) is 5.11 Å². The van der Waals surface area contributed by atoms with Crippen molar-refractivity contribution in [1.29, 1.82) is 0 Å². The average Bonchev–Trinajstić information content (AvgIpc) is 2.11. The number of rotatable bonds is 6. The van der Waals surface area contributed by atoms with Gasteiger partial charge < -0.3 is 9.84 Å². The van der Waals surface area contributed by atoms with Gasteiger partial charge in [-0.3, -0.25) is 4.79 Å². The number of carbonyl (C=O) groups excluding carboxylic acids is 1. The maximum Gasteiger partial charge on any atom is 0.305 e. The summed E-state index contributed by atoms with van der Waals surface area (Å²) >= 11 is 0. The van der Waals surface area contributed by atoms with Crippen molar-refractivity contribution in [2.24, 2.45) is 0 Å². The van der Waals surface area contributed by atoms with Gasteiger partial charge in [0, 0.05) is 19.4 Å². The first-order valence-electron chi connectivity index (χ1n) is 4.07. The van der Waals surface area contributed by atoms with Crippen molar-refractivity contribution in [1.82, 2.24) is 0 Å². The van der Waals surface area contributed by atoms with Crippen molar-refractivity contribution >= 4 is 5.97 Å². The van der Waals surface area contributed by atoms with E-state index in [1.54, 1.807) is 0 Å². The zero-order valence-electron chi connectivity index (χ0n) is 7.56. The first-order chi connectivity index (χ1) is 6.02. The maximum absolute atomic E-state index is 12.8. The summed E-state index contributed by atoms with van der Waals surface area (Å²) in [6.07, 6.45) is -1.14. The van der Waals surface area contributed by atoms with Gasteiger partial charge in [0.05, 0.1) is 13.5 Å². The lowest BCUT2D eigenvalue weighted by molar-refractivity contribution is -0.143. The van der Waals surface area contributed by atoms with E-state index in [9.17, 15) is 13.6 Å². The van der Waals surface area contributed by atoms with E-state index in [0.29, 0.717) is 0 Å². The lowest BCUT2D eigenvalue weighted by Crippen LogP contribution is -2.18. The summed E-state index contributed by atoms with van der Waals surface area (Å²) in [6, 6.07) is 0. The molecule has 0 aliphatic carbocycles. The van der Waals surface area contributed by atoms with Crippen molar-refractivity contribution in [3.63, 3.8) is 0 Å². The predicted octanol–water partition coefficient (Wildman–Crippen LogP) is 1.35. The van der Waals surface area contributed by atoms with Crippen LogP contribution in [0.4, 0.5) is 8.78 Å². The normalized spacial score (nSPS) is 11.4. The lowest BCUT2D eigenvalue weighted by atomic mass is 10.1. The van der Waals surface area contributed by atoms with Crippen LogP contribution >= 0.6 is 0 Å². The molecule has 78 valence electrons. The monoisotopic (exact) mass is 196 g/mol.